The molecule has 0 bridgehead atoms. The minimum atomic E-state index is -0.130. The number of aliphatic hydroxyl groups is 1. The lowest BCUT2D eigenvalue weighted by molar-refractivity contribution is -0.121. The molecule has 1 aromatic carbocycles. The Hall–Kier alpha value is -1.55. The number of amides is 1. The molecule has 4 nitrogen and oxygen atoms in total. The molecule has 0 radical (unpaired) electrons. The Bertz CT molecular complexity index is 869. The number of phenolic OH excluding ortho intramolecular Hbond substituents is 1. The highest BCUT2D eigenvalue weighted by atomic mass is 16.3. The van der Waals surface area contributed by atoms with Crippen LogP contribution in [-0.2, 0) is 11.2 Å². The van der Waals surface area contributed by atoms with E-state index in [2.05, 4.69) is 25.2 Å². The molecule has 1 amide bonds. The van der Waals surface area contributed by atoms with Crippen molar-refractivity contribution < 1.29 is 15.0 Å². The molecule has 6 atom stereocenters. The van der Waals surface area contributed by atoms with E-state index < -0.39 is 0 Å². The first-order valence-electron chi connectivity index (χ1n) is 15.7. The molecule has 1 aromatic rings. The van der Waals surface area contributed by atoms with Crippen LogP contribution in [0.5, 0.6) is 5.75 Å². The highest BCUT2D eigenvalue weighted by molar-refractivity contribution is 5.75. The second kappa shape index (κ2) is 13.5. The van der Waals surface area contributed by atoms with Crippen LogP contribution in [0.15, 0.2) is 18.2 Å². The van der Waals surface area contributed by atoms with Crippen LogP contribution in [0.2, 0.25) is 0 Å². The van der Waals surface area contributed by atoms with Crippen LogP contribution in [0.25, 0.3) is 0 Å². The molecule has 37 heavy (non-hydrogen) atoms. The molecule has 208 valence electrons. The molecule has 0 heterocycles. The van der Waals surface area contributed by atoms with Crippen LogP contribution in [0.1, 0.15) is 134 Å². The number of carbonyl (C=O) groups is 1. The molecule has 3 N–H and O–H groups in total. The first-order chi connectivity index (χ1) is 17.9. The molecule has 2 fully saturated rings. The predicted octanol–water partition coefficient (Wildman–Crippen LogP) is 7.65. The lowest BCUT2D eigenvalue weighted by Crippen LogP contribution is -2.47. The molecule has 4 rings (SSSR count). The van der Waals surface area contributed by atoms with Crippen molar-refractivity contribution in [2.75, 3.05) is 6.54 Å². The zero-order valence-electron chi connectivity index (χ0n) is 23.6. The SMILES string of the molecule is CCCCCC(=O)NCCCCCCCCC[C@@H]1Cc2cc(O)ccc2C2CC[C@@]3(C)C(CC[C@@H]3O)C21. The molecule has 0 spiro atoms. The van der Waals surface area contributed by atoms with Gasteiger partial charge in [0, 0.05) is 13.0 Å². The van der Waals surface area contributed by atoms with E-state index in [1.54, 1.807) is 0 Å². The van der Waals surface area contributed by atoms with Crippen LogP contribution in [-0.4, -0.2) is 28.8 Å². The number of hydrogen-bond acceptors (Lipinski definition) is 3. The number of aliphatic hydroxyl groups excluding tert-OH is 1. The maximum absolute atomic E-state index is 11.8. The summed E-state index contributed by atoms with van der Waals surface area (Å²) in [5.74, 6) is 3.23. The van der Waals surface area contributed by atoms with E-state index in [4.69, 9.17) is 0 Å². The molecule has 3 aliphatic rings. The number of benzene rings is 1. The van der Waals surface area contributed by atoms with Gasteiger partial charge >= 0.3 is 0 Å². The van der Waals surface area contributed by atoms with Gasteiger partial charge in [-0.2, -0.15) is 0 Å². The van der Waals surface area contributed by atoms with Crippen molar-refractivity contribution >= 4 is 5.91 Å². The number of rotatable bonds is 14. The molecular formula is C33H53NO3. The van der Waals surface area contributed by atoms with E-state index in [0.29, 0.717) is 35.8 Å². The zero-order valence-corrected chi connectivity index (χ0v) is 23.6. The largest absolute Gasteiger partial charge is 0.508 e. The Morgan fingerprint density at radius 1 is 1.00 bits per heavy atom. The Labute approximate surface area is 226 Å². The highest BCUT2D eigenvalue weighted by Gasteiger charge is 2.56. The van der Waals surface area contributed by atoms with Crippen LogP contribution >= 0.6 is 0 Å². The van der Waals surface area contributed by atoms with Crippen LogP contribution in [0.3, 0.4) is 0 Å². The number of carbonyl (C=O) groups excluding carboxylic acids is 1. The lowest BCUT2D eigenvalue weighted by Gasteiger charge is -2.53. The summed E-state index contributed by atoms with van der Waals surface area (Å²) in [4.78, 5) is 11.8. The van der Waals surface area contributed by atoms with E-state index in [1.165, 1.54) is 68.9 Å². The maximum atomic E-state index is 11.8. The first kappa shape index (κ1) is 28.5. The van der Waals surface area contributed by atoms with Crippen LogP contribution < -0.4 is 5.32 Å². The summed E-state index contributed by atoms with van der Waals surface area (Å²) < 4.78 is 0. The number of unbranched alkanes of at least 4 members (excludes halogenated alkanes) is 8. The van der Waals surface area contributed by atoms with Crippen molar-refractivity contribution in [3.8, 4) is 5.75 Å². The number of fused-ring (bicyclic) bond motifs is 5. The first-order valence-corrected chi connectivity index (χ1v) is 15.7. The quantitative estimate of drug-likeness (QED) is 0.225. The number of phenols is 1. The van der Waals surface area contributed by atoms with E-state index >= 15 is 0 Å². The van der Waals surface area contributed by atoms with Gasteiger partial charge in [-0.1, -0.05) is 71.3 Å². The maximum Gasteiger partial charge on any atom is 0.219 e. The van der Waals surface area contributed by atoms with E-state index in [9.17, 15) is 15.0 Å². The summed E-state index contributed by atoms with van der Waals surface area (Å²) in [5.41, 5.74) is 2.97. The Morgan fingerprint density at radius 3 is 2.54 bits per heavy atom. The second-order valence-electron chi connectivity index (χ2n) is 12.8. The fraction of sp³-hybridized carbons (Fsp3) is 0.788. The summed E-state index contributed by atoms with van der Waals surface area (Å²) in [7, 11) is 0. The molecule has 0 aliphatic heterocycles. The standard InChI is InChI=1S/C33H53NO3/c1-3-4-10-14-31(37)34-21-12-9-7-5-6-8-11-13-24-22-25-23-26(35)15-16-27(25)28-19-20-33(2)29(32(24)28)17-18-30(33)36/h15-16,23-24,28-30,32,35-36H,3-14,17-22H2,1-2H3,(H,34,37)/t24-,28?,29?,30+,32?,33+/m1/s1. The summed E-state index contributed by atoms with van der Waals surface area (Å²) in [6.45, 7) is 5.37. The Balaban J connectivity index is 1.19. The van der Waals surface area contributed by atoms with Gasteiger partial charge in [0.15, 0.2) is 0 Å². The van der Waals surface area contributed by atoms with Gasteiger partial charge in [0.05, 0.1) is 6.10 Å². The number of hydrogen-bond donors (Lipinski definition) is 3. The van der Waals surface area contributed by atoms with Gasteiger partial charge in [-0.25, -0.2) is 0 Å². The van der Waals surface area contributed by atoms with Crippen molar-refractivity contribution in [1.82, 2.24) is 5.32 Å². The normalized spacial score (nSPS) is 30.4. The third-order valence-corrected chi connectivity index (χ3v) is 10.4. The number of nitrogens with one attached hydrogen (secondary N) is 1. The van der Waals surface area contributed by atoms with Gasteiger partial charge in [0.2, 0.25) is 5.91 Å². The molecular weight excluding hydrogens is 458 g/mol. The van der Waals surface area contributed by atoms with Gasteiger partial charge in [-0.05, 0) is 104 Å². The summed E-state index contributed by atoms with van der Waals surface area (Å²) >= 11 is 0. The van der Waals surface area contributed by atoms with Crippen LogP contribution in [0, 0.1) is 23.2 Å². The average Bonchev–Trinajstić information content (AvgIpc) is 3.19. The van der Waals surface area contributed by atoms with Gasteiger partial charge < -0.3 is 15.5 Å². The van der Waals surface area contributed by atoms with Crippen molar-refractivity contribution in [3.05, 3.63) is 29.3 Å². The van der Waals surface area contributed by atoms with Crippen molar-refractivity contribution in [2.45, 2.75) is 135 Å². The van der Waals surface area contributed by atoms with E-state index in [0.717, 1.165) is 51.5 Å². The Morgan fingerprint density at radius 2 is 1.76 bits per heavy atom. The van der Waals surface area contributed by atoms with Crippen LogP contribution in [0.4, 0.5) is 0 Å². The fourth-order valence-electron chi connectivity index (χ4n) is 8.30. The topological polar surface area (TPSA) is 69.6 Å². The molecule has 0 saturated heterocycles. The zero-order chi connectivity index (χ0) is 26.3. The summed E-state index contributed by atoms with van der Waals surface area (Å²) in [6.07, 6.45) is 19.5. The highest BCUT2D eigenvalue weighted by Crippen LogP contribution is 2.62. The van der Waals surface area contributed by atoms with E-state index in [1.807, 2.05) is 12.1 Å². The average molecular weight is 512 g/mol. The fourth-order valence-corrected chi connectivity index (χ4v) is 8.30. The summed E-state index contributed by atoms with van der Waals surface area (Å²) in [6, 6.07) is 6.11. The molecule has 0 aromatic heterocycles. The molecule has 2 saturated carbocycles. The molecule has 4 heteroatoms. The Kier molecular flexibility index (Phi) is 10.4. The minimum Gasteiger partial charge on any atom is -0.508 e. The smallest absolute Gasteiger partial charge is 0.219 e. The molecule has 3 aliphatic carbocycles. The summed E-state index contributed by atoms with van der Waals surface area (Å²) in [5, 5.41) is 24.1. The second-order valence-corrected chi connectivity index (χ2v) is 12.8. The predicted molar refractivity (Wildman–Crippen MR) is 152 cm³/mol. The number of aromatic hydroxyl groups is 1. The third-order valence-electron chi connectivity index (χ3n) is 10.4. The van der Waals surface area contributed by atoms with E-state index in [-0.39, 0.29) is 17.4 Å². The monoisotopic (exact) mass is 511 g/mol. The van der Waals surface area contributed by atoms with Crippen molar-refractivity contribution in [3.63, 3.8) is 0 Å². The van der Waals surface area contributed by atoms with Crippen molar-refractivity contribution in [2.24, 2.45) is 23.2 Å². The van der Waals surface area contributed by atoms with Crippen molar-refractivity contribution in [1.29, 1.82) is 0 Å². The molecule has 3 unspecified atom stereocenters. The van der Waals surface area contributed by atoms with Gasteiger partial charge in [0.1, 0.15) is 5.75 Å². The van der Waals surface area contributed by atoms with Gasteiger partial charge in [-0.15, -0.1) is 0 Å². The van der Waals surface area contributed by atoms with Gasteiger partial charge in [0.25, 0.3) is 0 Å². The minimum absolute atomic E-state index is 0.100. The lowest BCUT2D eigenvalue weighted by atomic mass is 9.52. The van der Waals surface area contributed by atoms with Gasteiger partial charge in [-0.3, -0.25) is 4.79 Å². The third kappa shape index (κ3) is 6.91.